The average molecular weight is 466 g/mol. The molecule has 1 heterocycles. The second kappa shape index (κ2) is 8.52. The van der Waals surface area contributed by atoms with Gasteiger partial charge in [-0.05, 0) is 47.5 Å². The van der Waals surface area contributed by atoms with Gasteiger partial charge in [-0.3, -0.25) is 4.72 Å². The van der Waals surface area contributed by atoms with Crippen LogP contribution in [0.15, 0.2) is 101 Å². The molecule has 0 spiro atoms. The van der Waals surface area contributed by atoms with Gasteiger partial charge in [-0.15, -0.1) is 10.2 Å². The fraction of sp³-hybridized carbons (Fsp3) is 0.0435. The lowest BCUT2D eigenvalue weighted by Gasteiger charge is -2.10. The van der Waals surface area contributed by atoms with E-state index in [2.05, 4.69) is 14.9 Å². The summed E-state index contributed by atoms with van der Waals surface area (Å²) >= 11 is 0. The molecule has 1 aromatic heterocycles. The third kappa shape index (κ3) is 4.84. The van der Waals surface area contributed by atoms with Crippen molar-refractivity contribution in [3.8, 4) is 22.4 Å². The highest BCUT2D eigenvalue weighted by Gasteiger charge is 2.15. The van der Waals surface area contributed by atoms with Gasteiger partial charge in [0.15, 0.2) is 14.9 Å². The molecule has 0 atom stereocenters. The van der Waals surface area contributed by atoms with Crippen LogP contribution in [0.3, 0.4) is 0 Å². The summed E-state index contributed by atoms with van der Waals surface area (Å²) in [5, 5.41) is 7.55. The first-order valence-electron chi connectivity index (χ1n) is 9.55. The number of benzene rings is 3. The molecule has 0 saturated carbocycles. The summed E-state index contributed by atoms with van der Waals surface area (Å²) in [5.41, 5.74) is 3.29. The number of sulfone groups is 1. The minimum absolute atomic E-state index is 0.128. The molecule has 162 valence electrons. The first-order chi connectivity index (χ1) is 15.2. The largest absolute Gasteiger partial charge is 0.280 e. The van der Waals surface area contributed by atoms with E-state index in [4.69, 9.17) is 0 Å². The number of anilines is 1. The molecule has 0 aliphatic heterocycles. The van der Waals surface area contributed by atoms with Gasteiger partial charge in [-0.2, -0.15) is 0 Å². The van der Waals surface area contributed by atoms with Gasteiger partial charge in [0.05, 0.1) is 10.6 Å². The zero-order valence-electron chi connectivity index (χ0n) is 17.0. The molecule has 0 bridgehead atoms. The van der Waals surface area contributed by atoms with Crippen molar-refractivity contribution in [3.05, 3.63) is 91.0 Å². The lowest BCUT2D eigenvalue weighted by Crippen LogP contribution is -2.12. The number of rotatable bonds is 6. The van der Waals surface area contributed by atoms with Crippen LogP contribution in [0, 0.1) is 0 Å². The van der Waals surface area contributed by atoms with E-state index >= 15 is 0 Å². The highest BCUT2D eigenvalue weighted by Crippen LogP contribution is 2.25. The molecule has 0 saturated heterocycles. The van der Waals surface area contributed by atoms with Crippen LogP contribution in [0.5, 0.6) is 0 Å². The Labute approximate surface area is 186 Å². The van der Waals surface area contributed by atoms with Crippen LogP contribution in [-0.4, -0.2) is 33.3 Å². The van der Waals surface area contributed by atoms with Crippen LogP contribution in [0.2, 0.25) is 0 Å². The number of hydrogen-bond acceptors (Lipinski definition) is 6. The van der Waals surface area contributed by atoms with E-state index in [1.54, 1.807) is 48.5 Å². The smallest absolute Gasteiger partial charge is 0.261 e. The summed E-state index contributed by atoms with van der Waals surface area (Å²) in [6, 6.07) is 25.9. The van der Waals surface area contributed by atoms with Crippen LogP contribution in [0.1, 0.15) is 0 Å². The molecule has 0 fully saturated rings. The quantitative estimate of drug-likeness (QED) is 0.461. The number of nitrogens with zero attached hydrogens (tertiary/aromatic N) is 2. The Balaban J connectivity index is 1.56. The number of sulfonamides is 1. The molecule has 0 aliphatic carbocycles. The molecule has 4 rings (SSSR count). The molecular weight excluding hydrogens is 446 g/mol. The summed E-state index contributed by atoms with van der Waals surface area (Å²) in [4.78, 5) is 0.139. The molecule has 32 heavy (non-hydrogen) atoms. The third-order valence-electron chi connectivity index (χ3n) is 4.70. The molecule has 0 unspecified atom stereocenters. The van der Waals surface area contributed by atoms with Crippen molar-refractivity contribution < 1.29 is 16.8 Å². The maximum absolute atomic E-state index is 12.8. The van der Waals surface area contributed by atoms with E-state index in [1.807, 2.05) is 30.3 Å². The Morgan fingerprint density at radius 3 is 1.94 bits per heavy atom. The average Bonchev–Trinajstić information content (AvgIpc) is 2.79. The van der Waals surface area contributed by atoms with E-state index in [1.165, 1.54) is 12.1 Å². The van der Waals surface area contributed by atoms with Crippen molar-refractivity contribution in [3.63, 3.8) is 0 Å². The topological polar surface area (TPSA) is 106 Å². The maximum Gasteiger partial charge on any atom is 0.261 e. The molecule has 1 N–H and O–H groups in total. The van der Waals surface area contributed by atoms with Gasteiger partial charge in [-0.1, -0.05) is 54.6 Å². The molecule has 9 heteroatoms. The Bertz CT molecular complexity index is 1450. The molecule has 4 aromatic rings. The monoisotopic (exact) mass is 465 g/mol. The summed E-state index contributed by atoms with van der Waals surface area (Å²) in [6.45, 7) is 0. The summed E-state index contributed by atoms with van der Waals surface area (Å²) < 4.78 is 51.4. The van der Waals surface area contributed by atoms with Crippen LogP contribution in [0.25, 0.3) is 22.4 Å². The maximum atomic E-state index is 12.8. The normalized spacial score (nSPS) is 11.8. The zero-order chi connectivity index (χ0) is 22.8. The summed E-state index contributed by atoms with van der Waals surface area (Å²) in [5.74, 6) is 0. The summed E-state index contributed by atoms with van der Waals surface area (Å²) in [7, 11) is -7.25. The van der Waals surface area contributed by atoms with Crippen molar-refractivity contribution in [1.82, 2.24) is 10.2 Å². The fourth-order valence-corrected chi connectivity index (χ4v) is 4.64. The van der Waals surface area contributed by atoms with Gasteiger partial charge >= 0.3 is 0 Å². The minimum atomic E-state index is -3.80. The molecule has 3 aromatic carbocycles. The van der Waals surface area contributed by atoms with E-state index < -0.39 is 19.9 Å². The predicted octanol–water partition coefficient (Wildman–Crippen LogP) is 4.01. The third-order valence-corrected chi connectivity index (χ3v) is 7.08. The lowest BCUT2D eigenvalue weighted by molar-refractivity contribution is 0.595. The predicted molar refractivity (Wildman–Crippen MR) is 123 cm³/mol. The van der Waals surface area contributed by atoms with E-state index in [9.17, 15) is 16.8 Å². The van der Waals surface area contributed by atoms with Gasteiger partial charge in [0, 0.05) is 17.5 Å². The Morgan fingerprint density at radius 2 is 1.31 bits per heavy atom. The highest BCUT2D eigenvalue weighted by atomic mass is 32.2. The summed E-state index contributed by atoms with van der Waals surface area (Å²) in [6.07, 6.45) is 1.05. The lowest BCUT2D eigenvalue weighted by atomic mass is 10.1. The number of aromatic nitrogens is 2. The first kappa shape index (κ1) is 21.7. The van der Waals surface area contributed by atoms with Gasteiger partial charge in [0.25, 0.3) is 10.0 Å². The van der Waals surface area contributed by atoms with Gasteiger partial charge in [-0.25, -0.2) is 16.8 Å². The van der Waals surface area contributed by atoms with E-state index in [0.717, 1.165) is 17.4 Å². The zero-order valence-corrected chi connectivity index (χ0v) is 18.6. The number of nitrogens with one attached hydrogen (secondary N) is 1. The van der Waals surface area contributed by atoms with Crippen molar-refractivity contribution in [2.75, 3.05) is 11.0 Å². The molecule has 0 amide bonds. The van der Waals surface area contributed by atoms with Crippen LogP contribution in [0.4, 0.5) is 5.69 Å². The standard InChI is InChI=1S/C23H19N3O4S2/c1-31(27,28)23-15-14-22(24-25-23)19-8-5-9-20(16-19)26-32(29,30)21-12-10-18(11-13-21)17-6-3-2-4-7-17/h2-16,26H,1H3. The molecule has 0 aliphatic rings. The highest BCUT2D eigenvalue weighted by molar-refractivity contribution is 7.92. The van der Waals surface area contributed by atoms with E-state index in [0.29, 0.717) is 16.9 Å². The Kier molecular flexibility index (Phi) is 5.77. The van der Waals surface area contributed by atoms with E-state index in [-0.39, 0.29) is 9.92 Å². The second-order valence-electron chi connectivity index (χ2n) is 7.11. The van der Waals surface area contributed by atoms with Crippen molar-refractivity contribution >= 4 is 25.5 Å². The van der Waals surface area contributed by atoms with Gasteiger partial charge in [0.1, 0.15) is 0 Å². The molecule has 0 radical (unpaired) electrons. The van der Waals surface area contributed by atoms with Crippen LogP contribution in [-0.2, 0) is 19.9 Å². The van der Waals surface area contributed by atoms with Crippen LogP contribution >= 0.6 is 0 Å². The number of hydrogen-bond donors (Lipinski definition) is 1. The molecule has 7 nitrogen and oxygen atoms in total. The fourth-order valence-electron chi connectivity index (χ4n) is 3.08. The SMILES string of the molecule is CS(=O)(=O)c1ccc(-c2cccc(NS(=O)(=O)c3ccc(-c4ccccc4)cc3)c2)nn1. The van der Waals surface area contributed by atoms with Crippen molar-refractivity contribution in [1.29, 1.82) is 0 Å². The van der Waals surface area contributed by atoms with Crippen LogP contribution < -0.4 is 4.72 Å². The van der Waals surface area contributed by atoms with Gasteiger partial charge in [0.2, 0.25) is 0 Å². The van der Waals surface area contributed by atoms with Gasteiger partial charge < -0.3 is 0 Å². The molecular formula is C23H19N3O4S2. The Morgan fingerprint density at radius 1 is 0.656 bits per heavy atom. The second-order valence-corrected chi connectivity index (χ2v) is 10.8. The minimum Gasteiger partial charge on any atom is -0.280 e. The Hall–Kier alpha value is -3.56. The van der Waals surface area contributed by atoms with Crippen molar-refractivity contribution in [2.24, 2.45) is 0 Å². The first-order valence-corrected chi connectivity index (χ1v) is 12.9. The van der Waals surface area contributed by atoms with Crippen molar-refractivity contribution in [2.45, 2.75) is 9.92 Å².